The Morgan fingerprint density at radius 2 is 1.19 bits per heavy atom. The van der Waals surface area contributed by atoms with Crippen LogP contribution in [0.25, 0.3) is 0 Å². The Hall–Kier alpha value is -0.0800. The van der Waals surface area contributed by atoms with Gasteiger partial charge in [0, 0.05) is 18.1 Å². The molecule has 0 spiro atoms. The van der Waals surface area contributed by atoms with Crippen LogP contribution in [0.2, 0.25) is 0 Å². The summed E-state index contributed by atoms with van der Waals surface area (Å²) in [5, 5.41) is 0. The molecule has 0 radical (unpaired) electrons. The van der Waals surface area contributed by atoms with Gasteiger partial charge >= 0.3 is 0 Å². The van der Waals surface area contributed by atoms with Crippen molar-refractivity contribution >= 4 is 0 Å². The van der Waals surface area contributed by atoms with Gasteiger partial charge in [0.15, 0.2) is 0 Å². The molecule has 1 saturated carbocycles. The van der Waals surface area contributed by atoms with Crippen LogP contribution in [0, 0.1) is 0 Å². The molecule has 2 atom stereocenters. The zero-order valence-corrected chi connectivity index (χ0v) is 14.4. The van der Waals surface area contributed by atoms with E-state index in [9.17, 15) is 0 Å². The molecule has 124 valence electrons. The van der Waals surface area contributed by atoms with Crippen molar-refractivity contribution < 1.29 is 0 Å². The molecule has 21 heavy (non-hydrogen) atoms. The molecule has 1 heterocycles. The number of nitrogens with two attached hydrogens (primary N) is 1. The lowest BCUT2D eigenvalue weighted by molar-refractivity contribution is 0.0688. The number of likely N-dealkylation sites (tertiary alicyclic amines) is 1. The fourth-order valence-corrected chi connectivity index (χ4v) is 4.47. The molecule has 0 aromatic heterocycles. The highest BCUT2D eigenvalue weighted by Crippen LogP contribution is 2.27. The second kappa shape index (κ2) is 9.84. The highest BCUT2D eigenvalue weighted by molar-refractivity contribution is 4.87. The number of hydrogen-bond donors (Lipinski definition) is 1. The molecule has 0 bridgehead atoms. The number of nitrogens with zero attached hydrogens (tertiary/aromatic N) is 1. The lowest BCUT2D eigenvalue weighted by Crippen LogP contribution is -2.53. The van der Waals surface area contributed by atoms with Crippen molar-refractivity contribution in [2.75, 3.05) is 6.54 Å². The molecular formula is C19H38N2. The Morgan fingerprint density at radius 3 is 1.71 bits per heavy atom. The average molecular weight is 295 g/mol. The first-order valence-electron chi connectivity index (χ1n) is 9.80. The number of rotatable bonds is 2. The SMILES string of the molecule is CC(N)C1CCCCN1C1CCCCCCCCCCC1. The van der Waals surface area contributed by atoms with Crippen LogP contribution in [0.3, 0.4) is 0 Å². The minimum Gasteiger partial charge on any atom is -0.327 e. The smallest absolute Gasteiger partial charge is 0.0247 e. The maximum atomic E-state index is 6.29. The summed E-state index contributed by atoms with van der Waals surface area (Å²) in [7, 11) is 0. The molecular weight excluding hydrogens is 256 g/mol. The van der Waals surface area contributed by atoms with Crippen molar-refractivity contribution in [3.8, 4) is 0 Å². The Bertz CT molecular complexity index is 252. The molecule has 2 rings (SSSR count). The first-order valence-corrected chi connectivity index (χ1v) is 9.80. The largest absolute Gasteiger partial charge is 0.327 e. The molecule has 2 fully saturated rings. The minimum atomic E-state index is 0.340. The van der Waals surface area contributed by atoms with Gasteiger partial charge in [-0.25, -0.2) is 0 Å². The van der Waals surface area contributed by atoms with E-state index in [-0.39, 0.29) is 0 Å². The zero-order chi connectivity index (χ0) is 14.9. The quantitative estimate of drug-likeness (QED) is 0.788. The Balaban J connectivity index is 1.91. The summed E-state index contributed by atoms with van der Waals surface area (Å²) in [6.07, 6.45) is 20.1. The van der Waals surface area contributed by atoms with Gasteiger partial charge in [-0.15, -0.1) is 0 Å². The van der Waals surface area contributed by atoms with Crippen LogP contribution in [0.5, 0.6) is 0 Å². The summed E-state index contributed by atoms with van der Waals surface area (Å²) in [6.45, 7) is 3.52. The van der Waals surface area contributed by atoms with Crippen molar-refractivity contribution in [1.29, 1.82) is 0 Å². The highest BCUT2D eigenvalue weighted by atomic mass is 15.2. The van der Waals surface area contributed by atoms with Crippen molar-refractivity contribution in [1.82, 2.24) is 4.90 Å². The van der Waals surface area contributed by atoms with Crippen LogP contribution in [-0.4, -0.2) is 29.6 Å². The molecule has 2 unspecified atom stereocenters. The predicted octanol–water partition coefficient (Wildman–Crippen LogP) is 4.86. The van der Waals surface area contributed by atoms with Gasteiger partial charge in [0.25, 0.3) is 0 Å². The van der Waals surface area contributed by atoms with Crippen LogP contribution in [0.1, 0.15) is 96.8 Å². The van der Waals surface area contributed by atoms with Gasteiger partial charge in [-0.1, -0.05) is 64.2 Å². The molecule has 1 saturated heterocycles. The fourth-order valence-electron chi connectivity index (χ4n) is 4.47. The van der Waals surface area contributed by atoms with E-state index in [1.807, 2.05) is 0 Å². The van der Waals surface area contributed by atoms with Gasteiger partial charge in [0.1, 0.15) is 0 Å². The molecule has 2 N–H and O–H groups in total. The van der Waals surface area contributed by atoms with Crippen LogP contribution in [0.4, 0.5) is 0 Å². The summed E-state index contributed by atoms with van der Waals surface area (Å²) < 4.78 is 0. The fraction of sp³-hybridized carbons (Fsp3) is 1.00. The summed E-state index contributed by atoms with van der Waals surface area (Å²) in [6, 6.07) is 1.81. The predicted molar refractivity (Wildman–Crippen MR) is 92.6 cm³/mol. The second-order valence-corrected chi connectivity index (χ2v) is 7.57. The summed E-state index contributed by atoms with van der Waals surface area (Å²) >= 11 is 0. The third kappa shape index (κ3) is 5.90. The van der Waals surface area contributed by atoms with Crippen LogP contribution < -0.4 is 5.73 Å². The van der Waals surface area contributed by atoms with Gasteiger partial charge in [-0.3, -0.25) is 4.90 Å². The molecule has 2 nitrogen and oxygen atoms in total. The third-order valence-corrected chi connectivity index (χ3v) is 5.74. The summed E-state index contributed by atoms with van der Waals surface area (Å²) in [5.74, 6) is 0. The van der Waals surface area contributed by atoms with Gasteiger partial charge in [-0.2, -0.15) is 0 Å². The van der Waals surface area contributed by atoms with Crippen LogP contribution >= 0.6 is 0 Å². The molecule has 2 heteroatoms. The zero-order valence-electron chi connectivity index (χ0n) is 14.4. The minimum absolute atomic E-state index is 0.340. The third-order valence-electron chi connectivity index (χ3n) is 5.74. The van der Waals surface area contributed by atoms with E-state index >= 15 is 0 Å². The molecule has 0 aromatic carbocycles. The molecule has 0 amide bonds. The number of hydrogen-bond acceptors (Lipinski definition) is 2. The first kappa shape index (κ1) is 17.3. The van der Waals surface area contributed by atoms with E-state index in [1.54, 1.807) is 0 Å². The molecule has 1 aliphatic carbocycles. The maximum absolute atomic E-state index is 6.29. The highest BCUT2D eigenvalue weighted by Gasteiger charge is 2.30. The van der Waals surface area contributed by atoms with Crippen LogP contribution in [-0.2, 0) is 0 Å². The van der Waals surface area contributed by atoms with Crippen molar-refractivity contribution in [3.05, 3.63) is 0 Å². The van der Waals surface area contributed by atoms with Gasteiger partial charge < -0.3 is 5.73 Å². The maximum Gasteiger partial charge on any atom is 0.0247 e. The van der Waals surface area contributed by atoms with Gasteiger partial charge in [0.05, 0.1) is 0 Å². The van der Waals surface area contributed by atoms with E-state index in [0.717, 1.165) is 6.04 Å². The standard InChI is InChI=1S/C19H38N2/c1-17(20)19-15-11-12-16-21(19)18-13-9-7-5-3-2-4-6-8-10-14-18/h17-19H,2-16,20H2,1H3. The van der Waals surface area contributed by atoms with E-state index in [1.165, 1.54) is 96.4 Å². The number of piperidine rings is 1. The Labute approximate surface area is 132 Å². The lowest BCUT2D eigenvalue weighted by atomic mass is 9.90. The average Bonchev–Trinajstić information content (AvgIpc) is 2.48. The monoisotopic (exact) mass is 294 g/mol. The van der Waals surface area contributed by atoms with Gasteiger partial charge in [-0.05, 0) is 39.2 Å². The summed E-state index contributed by atoms with van der Waals surface area (Å²) in [4.78, 5) is 2.82. The normalized spacial score (nSPS) is 30.3. The van der Waals surface area contributed by atoms with Crippen molar-refractivity contribution in [3.63, 3.8) is 0 Å². The van der Waals surface area contributed by atoms with Crippen molar-refractivity contribution in [2.45, 2.75) is 115 Å². The van der Waals surface area contributed by atoms with Gasteiger partial charge in [0.2, 0.25) is 0 Å². The first-order chi connectivity index (χ1) is 10.3. The van der Waals surface area contributed by atoms with E-state index in [4.69, 9.17) is 5.73 Å². The topological polar surface area (TPSA) is 29.3 Å². The molecule has 0 aromatic rings. The van der Waals surface area contributed by atoms with Crippen molar-refractivity contribution in [2.24, 2.45) is 5.73 Å². The van der Waals surface area contributed by atoms with E-state index < -0.39 is 0 Å². The lowest BCUT2D eigenvalue weighted by Gasteiger charge is -2.43. The Morgan fingerprint density at radius 1 is 0.714 bits per heavy atom. The van der Waals surface area contributed by atoms with Crippen LogP contribution in [0.15, 0.2) is 0 Å². The van der Waals surface area contributed by atoms with E-state index in [2.05, 4.69) is 11.8 Å². The Kier molecular flexibility index (Phi) is 8.10. The second-order valence-electron chi connectivity index (χ2n) is 7.57. The molecule has 1 aliphatic heterocycles. The van der Waals surface area contributed by atoms with E-state index in [0.29, 0.717) is 12.1 Å². The molecule has 2 aliphatic rings. The summed E-state index contributed by atoms with van der Waals surface area (Å²) in [5.41, 5.74) is 6.29.